The van der Waals surface area contributed by atoms with Crippen LogP contribution in [0.25, 0.3) is 0 Å². The summed E-state index contributed by atoms with van der Waals surface area (Å²) in [5.74, 6) is 0.963. The first-order chi connectivity index (χ1) is 6.25. The standard InChI is InChI=1S/C9H14N2.C2H6/c1-7-5-9(11(2)10-7)6-8-3-4-8;1-2/h5,8H,3-4,6H2,1-2H3;1-2H3. The molecule has 1 aliphatic rings. The molecule has 1 fully saturated rings. The van der Waals surface area contributed by atoms with E-state index in [1.165, 1.54) is 25.0 Å². The van der Waals surface area contributed by atoms with Gasteiger partial charge in [-0.15, -0.1) is 0 Å². The van der Waals surface area contributed by atoms with Crippen molar-refractivity contribution in [2.45, 2.75) is 40.0 Å². The van der Waals surface area contributed by atoms with E-state index in [2.05, 4.69) is 18.1 Å². The van der Waals surface area contributed by atoms with Crippen molar-refractivity contribution in [3.63, 3.8) is 0 Å². The van der Waals surface area contributed by atoms with E-state index in [1.807, 2.05) is 25.6 Å². The summed E-state index contributed by atoms with van der Waals surface area (Å²) in [6, 6.07) is 2.19. The Morgan fingerprint density at radius 2 is 2.08 bits per heavy atom. The zero-order chi connectivity index (χ0) is 9.84. The van der Waals surface area contributed by atoms with Crippen LogP contribution in [0, 0.1) is 12.8 Å². The van der Waals surface area contributed by atoms with Crippen LogP contribution in [0.1, 0.15) is 38.1 Å². The lowest BCUT2D eigenvalue weighted by atomic mass is 10.2. The summed E-state index contributed by atoms with van der Waals surface area (Å²) in [5, 5.41) is 4.31. The quantitative estimate of drug-likeness (QED) is 0.684. The Labute approximate surface area is 81.0 Å². The van der Waals surface area contributed by atoms with Crippen LogP contribution in [0.5, 0.6) is 0 Å². The van der Waals surface area contributed by atoms with E-state index in [1.54, 1.807) is 0 Å². The van der Waals surface area contributed by atoms with Crippen molar-refractivity contribution < 1.29 is 0 Å². The fourth-order valence-electron chi connectivity index (χ4n) is 1.47. The van der Waals surface area contributed by atoms with Crippen LogP contribution < -0.4 is 0 Å². The average Bonchev–Trinajstić information content (AvgIpc) is 2.85. The molecule has 0 unspecified atom stereocenters. The average molecular weight is 180 g/mol. The smallest absolute Gasteiger partial charge is 0.0596 e. The van der Waals surface area contributed by atoms with Crippen molar-refractivity contribution in [3.8, 4) is 0 Å². The largest absolute Gasteiger partial charge is 0.272 e. The van der Waals surface area contributed by atoms with Crippen LogP contribution in [-0.4, -0.2) is 9.78 Å². The van der Waals surface area contributed by atoms with Gasteiger partial charge in [-0.05, 0) is 38.2 Å². The van der Waals surface area contributed by atoms with E-state index in [4.69, 9.17) is 0 Å². The van der Waals surface area contributed by atoms with Gasteiger partial charge in [0.1, 0.15) is 0 Å². The van der Waals surface area contributed by atoms with Crippen LogP contribution in [0.3, 0.4) is 0 Å². The highest BCUT2D eigenvalue weighted by Crippen LogP contribution is 2.32. The third kappa shape index (κ3) is 2.87. The highest BCUT2D eigenvalue weighted by Gasteiger charge is 2.22. The minimum Gasteiger partial charge on any atom is -0.272 e. The molecular formula is C11H20N2. The summed E-state index contributed by atoms with van der Waals surface area (Å²) in [4.78, 5) is 0. The lowest BCUT2D eigenvalue weighted by molar-refractivity contribution is 0.673. The molecule has 2 heteroatoms. The minimum atomic E-state index is 0.963. The molecule has 0 bridgehead atoms. The molecule has 1 aliphatic carbocycles. The van der Waals surface area contributed by atoms with Gasteiger partial charge in [-0.3, -0.25) is 4.68 Å². The molecule has 1 saturated carbocycles. The monoisotopic (exact) mass is 180 g/mol. The molecule has 1 heterocycles. The van der Waals surface area contributed by atoms with Gasteiger partial charge in [0.15, 0.2) is 0 Å². The number of nitrogens with zero attached hydrogens (tertiary/aromatic N) is 2. The van der Waals surface area contributed by atoms with E-state index >= 15 is 0 Å². The van der Waals surface area contributed by atoms with Crippen LogP contribution in [0.2, 0.25) is 0 Å². The van der Waals surface area contributed by atoms with Gasteiger partial charge >= 0.3 is 0 Å². The third-order valence-corrected chi connectivity index (χ3v) is 2.29. The molecule has 0 N–H and O–H groups in total. The first-order valence-corrected chi connectivity index (χ1v) is 5.25. The molecule has 0 spiro atoms. The van der Waals surface area contributed by atoms with Crippen LogP contribution in [-0.2, 0) is 13.5 Å². The lowest BCUT2D eigenvalue weighted by Gasteiger charge is -1.97. The Morgan fingerprint density at radius 1 is 1.46 bits per heavy atom. The molecule has 0 saturated heterocycles. The maximum Gasteiger partial charge on any atom is 0.0596 e. The Morgan fingerprint density at radius 3 is 2.46 bits per heavy atom. The summed E-state index contributed by atoms with van der Waals surface area (Å²) < 4.78 is 2.01. The number of aromatic nitrogens is 2. The summed E-state index contributed by atoms with van der Waals surface area (Å²) in [7, 11) is 2.03. The lowest BCUT2D eigenvalue weighted by Crippen LogP contribution is -1.98. The second kappa shape index (κ2) is 4.45. The van der Waals surface area contributed by atoms with Crippen LogP contribution in [0.15, 0.2) is 6.07 Å². The SMILES string of the molecule is CC.Cc1cc(CC2CC2)n(C)n1. The molecule has 1 aromatic heterocycles. The third-order valence-electron chi connectivity index (χ3n) is 2.29. The zero-order valence-electron chi connectivity index (χ0n) is 9.17. The van der Waals surface area contributed by atoms with E-state index < -0.39 is 0 Å². The number of rotatable bonds is 2. The summed E-state index contributed by atoms with van der Waals surface area (Å²) in [6.07, 6.45) is 4.08. The maximum absolute atomic E-state index is 4.31. The molecule has 74 valence electrons. The van der Waals surface area contributed by atoms with Crippen LogP contribution in [0.4, 0.5) is 0 Å². The van der Waals surface area contributed by atoms with Crippen molar-refractivity contribution in [2.24, 2.45) is 13.0 Å². The molecule has 0 aliphatic heterocycles. The van der Waals surface area contributed by atoms with Crippen molar-refractivity contribution >= 4 is 0 Å². The second-order valence-electron chi connectivity index (χ2n) is 3.55. The van der Waals surface area contributed by atoms with Crippen molar-refractivity contribution in [3.05, 3.63) is 17.5 Å². The molecule has 0 atom stereocenters. The van der Waals surface area contributed by atoms with Crippen molar-refractivity contribution in [1.82, 2.24) is 9.78 Å². The first-order valence-electron chi connectivity index (χ1n) is 5.25. The van der Waals surface area contributed by atoms with Gasteiger partial charge in [0.05, 0.1) is 5.69 Å². The van der Waals surface area contributed by atoms with Gasteiger partial charge in [0.2, 0.25) is 0 Å². The van der Waals surface area contributed by atoms with Gasteiger partial charge in [-0.1, -0.05) is 13.8 Å². The van der Waals surface area contributed by atoms with Gasteiger partial charge < -0.3 is 0 Å². The van der Waals surface area contributed by atoms with Gasteiger partial charge in [-0.25, -0.2) is 0 Å². The zero-order valence-corrected chi connectivity index (χ0v) is 9.17. The van der Waals surface area contributed by atoms with Crippen molar-refractivity contribution in [2.75, 3.05) is 0 Å². The molecule has 13 heavy (non-hydrogen) atoms. The highest BCUT2D eigenvalue weighted by atomic mass is 15.3. The molecular weight excluding hydrogens is 160 g/mol. The number of hydrogen-bond donors (Lipinski definition) is 0. The molecule has 2 rings (SSSR count). The van der Waals surface area contributed by atoms with E-state index in [-0.39, 0.29) is 0 Å². The Balaban J connectivity index is 0.000000396. The van der Waals surface area contributed by atoms with Crippen molar-refractivity contribution in [1.29, 1.82) is 0 Å². The summed E-state index contributed by atoms with van der Waals surface area (Å²) >= 11 is 0. The number of hydrogen-bond acceptors (Lipinski definition) is 1. The summed E-state index contributed by atoms with van der Waals surface area (Å²) in [5.41, 5.74) is 2.54. The predicted octanol–water partition coefficient (Wildman–Crippen LogP) is 2.71. The summed E-state index contributed by atoms with van der Waals surface area (Å²) in [6.45, 7) is 6.05. The highest BCUT2D eigenvalue weighted by molar-refractivity contribution is 5.10. The number of aryl methyl sites for hydroxylation is 2. The molecule has 1 aromatic rings. The molecule has 0 radical (unpaired) electrons. The van der Waals surface area contributed by atoms with Crippen LogP contribution >= 0.6 is 0 Å². The molecule has 2 nitrogen and oxygen atoms in total. The Hall–Kier alpha value is -0.790. The molecule has 0 aromatic carbocycles. The fraction of sp³-hybridized carbons (Fsp3) is 0.727. The predicted molar refractivity (Wildman–Crippen MR) is 55.7 cm³/mol. The molecule has 0 amide bonds. The Kier molecular flexibility index (Phi) is 3.52. The van der Waals surface area contributed by atoms with E-state index in [0.29, 0.717) is 0 Å². The van der Waals surface area contributed by atoms with Gasteiger partial charge in [0.25, 0.3) is 0 Å². The van der Waals surface area contributed by atoms with E-state index in [0.717, 1.165) is 11.6 Å². The minimum absolute atomic E-state index is 0.963. The Bertz CT molecular complexity index is 259. The first kappa shape index (κ1) is 10.3. The van der Waals surface area contributed by atoms with E-state index in [9.17, 15) is 0 Å². The maximum atomic E-state index is 4.31. The van der Waals surface area contributed by atoms with Gasteiger partial charge in [0, 0.05) is 12.7 Å². The topological polar surface area (TPSA) is 17.8 Å². The second-order valence-corrected chi connectivity index (χ2v) is 3.55. The van der Waals surface area contributed by atoms with Gasteiger partial charge in [-0.2, -0.15) is 5.10 Å². The fourth-order valence-corrected chi connectivity index (χ4v) is 1.47. The normalized spacial score (nSPS) is 15.1.